The topological polar surface area (TPSA) is 175 Å². The lowest BCUT2D eigenvalue weighted by molar-refractivity contribution is -0.302. The number of carbonyl (C=O) groups excluding carboxylic acids is 2. The normalized spacial score (nSPS) is 18.2. The van der Waals surface area contributed by atoms with Crippen LogP contribution in [-0.2, 0) is 23.8 Å². The fraction of sp³-hybridized carbons (Fsp3) is 0.917. The van der Waals surface area contributed by atoms with E-state index in [1.165, 1.54) is 283 Å². The van der Waals surface area contributed by atoms with Crippen LogP contribution in [0.1, 0.15) is 361 Å². The molecule has 1 saturated heterocycles. The second-order valence-corrected chi connectivity index (χ2v) is 25.3. The van der Waals surface area contributed by atoms with Crippen molar-refractivity contribution in [2.24, 2.45) is 0 Å². The molecule has 1 amide bonds. The predicted octanol–water partition coefficient (Wildman–Crippen LogP) is 18.4. The number of allylic oxidation sites excluding steroid dienone is 3. The standard InChI is InChI=1S/C72H137NO10/c1-3-5-7-9-11-13-15-16-32-35-39-42-46-50-54-58-65(75)64(63-82-72-71(80)70(79)69(78)66(62-74)83-72)73-67(76)59-55-51-47-43-40-36-33-30-28-26-24-22-20-18-17-19-21-23-25-27-29-31-34-37-41-45-49-53-57-61-81-68(77)60-56-52-48-44-38-14-12-10-8-6-4-2/h39,42,54,58,64-66,69-72,74-75,78-80H,3-38,40-41,43-53,55-57,59-63H2,1-2H3,(H,73,76)/b42-39+,58-54+. The molecule has 0 radical (unpaired) electrons. The number of ether oxygens (including phenoxy) is 3. The molecule has 11 heteroatoms. The summed E-state index contributed by atoms with van der Waals surface area (Å²) >= 11 is 0. The Balaban J connectivity index is 1.98. The van der Waals surface area contributed by atoms with Gasteiger partial charge in [-0.05, 0) is 44.9 Å². The fourth-order valence-electron chi connectivity index (χ4n) is 11.6. The molecule has 1 aliphatic heterocycles. The molecule has 0 aromatic carbocycles. The maximum Gasteiger partial charge on any atom is 0.305 e. The van der Waals surface area contributed by atoms with Gasteiger partial charge >= 0.3 is 5.97 Å². The molecular weight excluding hydrogens is 1040 g/mol. The fourth-order valence-corrected chi connectivity index (χ4v) is 11.6. The Bertz CT molecular complexity index is 1430. The lowest BCUT2D eigenvalue weighted by Crippen LogP contribution is -2.60. The lowest BCUT2D eigenvalue weighted by Gasteiger charge is -2.40. The van der Waals surface area contributed by atoms with Crippen molar-refractivity contribution in [1.29, 1.82) is 0 Å². The molecule has 0 spiro atoms. The summed E-state index contributed by atoms with van der Waals surface area (Å²) in [5.74, 6) is -0.175. The van der Waals surface area contributed by atoms with Crippen LogP contribution in [-0.4, -0.2) is 100 Å². The van der Waals surface area contributed by atoms with Gasteiger partial charge in [-0.2, -0.15) is 0 Å². The Kier molecular flexibility index (Phi) is 58.9. The first kappa shape index (κ1) is 79.2. The number of carbonyl (C=O) groups is 2. The van der Waals surface area contributed by atoms with Gasteiger partial charge in [0, 0.05) is 12.8 Å². The smallest absolute Gasteiger partial charge is 0.305 e. The zero-order valence-electron chi connectivity index (χ0n) is 54.4. The van der Waals surface area contributed by atoms with Crippen molar-refractivity contribution in [1.82, 2.24) is 5.32 Å². The highest BCUT2D eigenvalue weighted by atomic mass is 16.7. The molecule has 0 aromatic heterocycles. The molecule has 83 heavy (non-hydrogen) atoms. The maximum absolute atomic E-state index is 13.1. The van der Waals surface area contributed by atoms with Crippen LogP contribution in [0.3, 0.4) is 0 Å². The van der Waals surface area contributed by atoms with Crippen molar-refractivity contribution in [3.8, 4) is 0 Å². The van der Waals surface area contributed by atoms with Crippen molar-refractivity contribution in [3.05, 3.63) is 24.3 Å². The Labute approximate surface area is 511 Å². The monoisotopic (exact) mass is 1180 g/mol. The number of nitrogens with one attached hydrogen (secondary N) is 1. The van der Waals surface area contributed by atoms with Gasteiger partial charge < -0.3 is 45.1 Å². The van der Waals surface area contributed by atoms with Crippen molar-refractivity contribution >= 4 is 11.9 Å². The van der Waals surface area contributed by atoms with E-state index in [1.807, 2.05) is 6.08 Å². The molecule has 1 heterocycles. The Morgan fingerprint density at radius 1 is 0.434 bits per heavy atom. The van der Waals surface area contributed by atoms with E-state index >= 15 is 0 Å². The van der Waals surface area contributed by atoms with Gasteiger partial charge in [0.05, 0.1) is 32.0 Å². The lowest BCUT2D eigenvalue weighted by atomic mass is 9.99. The Morgan fingerprint density at radius 3 is 1.19 bits per heavy atom. The molecule has 11 nitrogen and oxygen atoms in total. The molecule has 490 valence electrons. The van der Waals surface area contributed by atoms with Gasteiger partial charge in [0.1, 0.15) is 24.4 Å². The number of aliphatic hydroxyl groups is 5. The molecule has 1 fully saturated rings. The second-order valence-electron chi connectivity index (χ2n) is 25.3. The minimum absolute atomic E-state index is 0.0108. The maximum atomic E-state index is 13.1. The zero-order valence-corrected chi connectivity index (χ0v) is 54.4. The van der Waals surface area contributed by atoms with Crippen LogP contribution < -0.4 is 5.32 Å². The highest BCUT2D eigenvalue weighted by Crippen LogP contribution is 2.23. The molecule has 1 aliphatic rings. The van der Waals surface area contributed by atoms with Crippen LogP contribution >= 0.6 is 0 Å². The average Bonchev–Trinajstić information content (AvgIpc) is 3.51. The zero-order chi connectivity index (χ0) is 60.2. The molecule has 7 unspecified atom stereocenters. The van der Waals surface area contributed by atoms with Crippen LogP contribution in [0.15, 0.2) is 24.3 Å². The van der Waals surface area contributed by atoms with Gasteiger partial charge in [0.15, 0.2) is 6.29 Å². The van der Waals surface area contributed by atoms with E-state index in [4.69, 9.17) is 14.2 Å². The predicted molar refractivity (Wildman–Crippen MR) is 348 cm³/mol. The van der Waals surface area contributed by atoms with E-state index in [-0.39, 0.29) is 18.5 Å². The number of rotatable bonds is 64. The second kappa shape index (κ2) is 61.8. The van der Waals surface area contributed by atoms with E-state index in [0.29, 0.717) is 19.4 Å². The molecule has 6 N–H and O–H groups in total. The summed E-state index contributed by atoms with van der Waals surface area (Å²) in [6.45, 7) is 4.37. The van der Waals surface area contributed by atoms with Gasteiger partial charge in [0.25, 0.3) is 0 Å². The first-order valence-corrected chi connectivity index (χ1v) is 36.1. The summed E-state index contributed by atoms with van der Waals surface area (Å²) in [6, 6.07) is -0.825. The first-order valence-electron chi connectivity index (χ1n) is 36.1. The molecule has 0 aromatic rings. The number of hydrogen-bond donors (Lipinski definition) is 6. The molecular formula is C72H137NO10. The van der Waals surface area contributed by atoms with Gasteiger partial charge in [-0.25, -0.2) is 0 Å². The average molecular weight is 1180 g/mol. The summed E-state index contributed by atoms with van der Waals surface area (Å²) in [4.78, 5) is 25.1. The van der Waals surface area contributed by atoms with Crippen molar-refractivity contribution in [3.63, 3.8) is 0 Å². The van der Waals surface area contributed by atoms with Crippen LogP contribution in [0, 0.1) is 0 Å². The van der Waals surface area contributed by atoms with E-state index in [0.717, 1.165) is 51.4 Å². The Morgan fingerprint density at radius 2 is 0.783 bits per heavy atom. The van der Waals surface area contributed by atoms with Crippen LogP contribution in [0.4, 0.5) is 0 Å². The summed E-state index contributed by atoms with van der Waals surface area (Å²) in [7, 11) is 0. The highest BCUT2D eigenvalue weighted by molar-refractivity contribution is 5.76. The molecule has 0 saturated carbocycles. The third-order valence-electron chi connectivity index (χ3n) is 17.3. The van der Waals surface area contributed by atoms with Crippen LogP contribution in [0.5, 0.6) is 0 Å². The van der Waals surface area contributed by atoms with Gasteiger partial charge in [-0.1, -0.05) is 327 Å². The first-order chi connectivity index (χ1) is 40.7. The van der Waals surface area contributed by atoms with E-state index in [1.54, 1.807) is 6.08 Å². The molecule has 0 aliphatic carbocycles. The summed E-state index contributed by atoms with van der Waals surface area (Å²) in [5, 5.41) is 54.5. The summed E-state index contributed by atoms with van der Waals surface area (Å²) in [5.41, 5.74) is 0. The largest absolute Gasteiger partial charge is 0.466 e. The van der Waals surface area contributed by atoms with E-state index < -0.39 is 49.5 Å². The van der Waals surface area contributed by atoms with Crippen molar-refractivity contribution in [2.75, 3.05) is 19.8 Å². The van der Waals surface area contributed by atoms with Crippen molar-refractivity contribution < 1.29 is 49.3 Å². The van der Waals surface area contributed by atoms with Crippen LogP contribution in [0.25, 0.3) is 0 Å². The third-order valence-corrected chi connectivity index (χ3v) is 17.3. The van der Waals surface area contributed by atoms with E-state index in [9.17, 15) is 35.1 Å². The number of amides is 1. The summed E-state index contributed by atoms with van der Waals surface area (Å²) < 4.78 is 16.7. The third kappa shape index (κ3) is 50.8. The SMILES string of the molecule is CCCCCCCCCCC/C=C/CC/C=C/C(O)C(COC1OC(CO)C(O)C(O)C1O)NC(=O)CCCCCCCCCCCCCCCCCCCCCCCCCCCCCCCOC(=O)CCCCCCCCCCCCC. The minimum Gasteiger partial charge on any atom is -0.466 e. The van der Waals surface area contributed by atoms with Gasteiger partial charge in [0.2, 0.25) is 5.91 Å². The number of esters is 1. The van der Waals surface area contributed by atoms with Gasteiger partial charge in [-0.3, -0.25) is 9.59 Å². The molecule has 7 atom stereocenters. The number of aliphatic hydroxyl groups excluding tert-OH is 5. The van der Waals surface area contributed by atoms with Crippen molar-refractivity contribution in [2.45, 2.75) is 403 Å². The van der Waals surface area contributed by atoms with E-state index in [2.05, 4.69) is 31.3 Å². The quantitative estimate of drug-likeness (QED) is 0.0195. The minimum atomic E-state index is -1.57. The van der Waals surface area contributed by atoms with Crippen LogP contribution in [0.2, 0.25) is 0 Å². The molecule has 1 rings (SSSR count). The van der Waals surface area contributed by atoms with Gasteiger partial charge in [-0.15, -0.1) is 0 Å². The Hall–Kier alpha value is -1.86. The highest BCUT2D eigenvalue weighted by Gasteiger charge is 2.44. The number of hydrogen-bond acceptors (Lipinski definition) is 10. The number of unbranched alkanes of at least 4 members (excludes halogenated alkanes) is 48. The molecule has 0 bridgehead atoms. The summed E-state index contributed by atoms with van der Waals surface area (Å²) in [6.07, 6.45) is 67.4.